The van der Waals surface area contributed by atoms with Crippen molar-refractivity contribution < 1.29 is 9.18 Å². The molecule has 2 aliphatic rings. The van der Waals surface area contributed by atoms with Gasteiger partial charge >= 0.3 is 0 Å². The van der Waals surface area contributed by atoms with Gasteiger partial charge in [0.15, 0.2) is 0 Å². The number of rotatable bonds is 3. The molecule has 0 unspecified atom stereocenters. The van der Waals surface area contributed by atoms with Crippen LogP contribution in [-0.2, 0) is 13.1 Å². The van der Waals surface area contributed by atoms with Gasteiger partial charge in [0.2, 0.25) is 5.95 Å². The maximum atomic E-state index is 13.9. The highest BCUT2D eigenvalue weighted by Gasteiger charge is 2.31. The summed E-state index contributed by atoms with van der Waals surface area (Å²) < 4.78 is 13.9. The summed E-state index contributed by atoms with van der Waals surface area (Å²) >= 11 is 0. The van der Waals surface area contributed by atoms with Gasteiger partial charge in [-0.15, -0.1) is 0 Å². The van der Waals surface area contributed by atoms with E-state index in [1.807, 2.05) is 0 Å². The van der Waals surface area contributed by atoms with E-state index in [1.165, 1.54) is 12.5 Å². The van der Waals surface area contributed by atoms with Gasteiger partial charge in [-0.3, -0.25) is 4.79 Å². The van der Waals surface area contributed by atoms with Crippen LogP contribution < -0.4 is 4.90 Å². The second kappa shape index (κ2) is 6.43. The molecule has 0 radical (unpaired) electrons. The second-order valence-corrected chi connectivity index (χ2v) is 6.98. The fourth-order valence-corrected chi connectivity index (χ4v) is 3.61. The first kappa shape index (κ1) is 16.0. The molecular formula is C19H21FN4O. The predicted octanol–water partition coefficient (Wildman–Crippen LogP) is 3.01. The van der Waals surface area contributed by atoms with Crippen molar-refractivity contribution in [2.24, 2.45) is 5.92 Å². The Morgan fingerprint density at radius 2 is 2.16 bits per heavy atom. The molecule has 4 rings (SSSR count). The number of hydrogen-bond donors (Lipinski definition) is 0. The summed E-state index contributed by atoms with van der Waals surface area (Å²) in [5.41, 5.74) is 1.79. The first-order valence-corrected chi connectivity index (χ1v) is 8.75. The van der Waals surface area contributed by atoms with Gasteiger partial charge < -0.3 is 9.80 Å². The standard InChI is InChI=1S/C19H21FN4O/c1-13-5-4-8-23(10-13)19-21-9-15-17(22-19)12-24(18(15)25)11-14-6-2-3-7-16(14)20/h2-3,6-7,9,13H,4-5,8,10-12H2,1H3/t13-/m1/s1. The highest BCUT2D eigenvalue weighted by atomic mass is 19.1. The Hall–Kier alpha value is -2.50. The number of carbonyl (C=O) groups excluding carboxylic acids is 1. The lowest BCUT2D eigenvalue weighted by molar-refractivity contribution is 0.0764. The Morgan fingerprint density at radius 1 is 1.32 bits per heavy atom. The number of fused-ring (bicyclic) bond motifs is 1. The third-order valence-electron chi connectivity index (χ3n) is 4.97. The molecule has 0 bridgehead atoms. The highest BCUT2D eigenvalue weighted by Crippen LogP contribution is 2.26. The van der Waals surface area contributed by atoms with Gasteiger partial charge in [-0.05, 0) is 24.8 Å². The molecule has 0 aliphatic carbocycles. The molecule has 1 amide bonds. The predicted molar refractivity (Wildman–Crippen MR) is 92.6 cm³/mol. The minimum absolute atomic E-state index is 0.128. The Bertz CT molecular complexity index is 810. The lowest BCUT2D eigenvalue weighted by Gasteiger charge is -2.30. The van der Waals surface area contributed by atoms with E-state index in [0.717, 1.165) is 25.2 Å². The molecule has 6 heteroatoms. The zero-order valence-corrected chi connectivity index (χ0v) is 14.3. The summed E-state index contributed by atoms with van der Waals surface area (Å²) in [4.78, 5) is 25.4. The fourth-order valence-electron chi connectivity index (χ4n) is 3.61. The third kappa shape index (κ3) is 3.08. The van der Waals surface area contributed by atoms with Gasteiger partial charge in [-0.25, -0.2) is 14.4 Å². The van der Waals surface area contributed by atoms with Crippen LogP contribution in [-0.4, -0.2) is 33.9 Å². The topological polar surface area (TPSA) is 49.3 Å². The first-order chi connectivity index (χ1) is 12.1. The van der Waals surface area contributed by atoms with Crippen molar-refractivity contribution in [1.29, 1.82) is 0 Å². The van der Waals surface area contributed by atoms with Crippen LogP contribution in [0.5, 0.6) is 0 Å². The van der Waals surface area contributed by atoms with Gasteiger partial charge in [0, 0.05) is 31.4 Å². The van der Waals surface area contributed by atoms with Crippen molar-refractivity contribution in [2.75, 3.05) is 18.0 Å². The van der Waals surface area contributed by atoms with E-state index >= 15 is 0 Å². The van der Waals surface area contributed by atoms with Crippen LogP contribution in [0.15, 0.2) is 30.5 Å². The molecule has 3 heterocycles. The molecule has 1 aromatic carbocycles. The number of benzene rings is 1. The van der Waals surface area contributed by atoms with Crippen molar-refractivity contribution >= 4 is 11.9 Å². The normalized spacial score (nSPS) is 20.1. The molecular weight excluding hydrogens is 319 g/mol. The summed E-state index contributed by atoms with van der Waals surface area (Å²) in [7, 11) is 0. The number of nitrogens with zero attached hydrogens (tertiary/aromatic N) is 4. The average molecular weight is 340 g/mol. The van der Waals surface area contributed by atoms with Gasteiger partial charge in [0.25, 0.3) is 5.91 Å². The van der Waals surface area contributed by atoms with E-state index in [1.54, 1.807) is 29.3 Å². The highest BCUT2D eigenvalue weighted by molar-refractivity contribution is 5.97. The summed E-state index contributed by atoms with van der Waals surface area (Å²) in [6.45, 7) is 4.79. The van der Waals surface area contributed by atoms with E-state index in [2.05, 4.69) is 21.8 Å². The number of halogens is 1. The van der Waals surface area contributed by atoms with Crippen LogP contribution in [0.1, 0.15) is 41.4 Å². The number of anilines is 1. The second-order valence-electron chi connectivity index (χ2n) is 6.98. The van der Waals surface area contributed by atoms with Crippen molar-refractivity contribution in [1.82, 2.24) is 14.9 Å². The minimum Gasteiger partial charge on any atom is -0.341 e. The lowest BCUT2D eigenvalue weighted by atomic mass is 10.0. The SMILES string of the molecule is C[C@@H]1CCCN(c2ncc3c(n2)CN(Cc2ccccc2F)C3=O)C1. The van der Waals surface area contributed by atoms with Crippen LogP contribution in [0.3, 0.4) is 0 Å². The molecule has 1 aromatic heterocycles. The molecule has 0 spiro atoms. The monoisotopic (exact) mass is 340 g/mol. The fraction of sp³-hybridized carbons (Fsp3) is 0.421. The summed E-state index contributed by atoms with van der Waals surface area (Å²) in [6.07, 6.45) is 4.00. The molecule has 130 valence electrons. The Labute approximate surface area is 146 Å². The molecule has 1 fully saturated rings. The summed E-state index contributed by atoms with van der Waals surface area (Å²) in [6, 6.07) is 6.55. The largest absolute Gasteiger partial charge is 0.341 e. The molecule has 1 atom stereocenters. The molecule has 0 saturated carbocycles. The quantitative estimate of drug-likeness (QED) is 0.862. The van der Waals surface area contributed by atoms with Crippen molar-refractivity contribution in [3.8, 4) is 0 Å². The van der Waals surface area contributed by atoms with E-state index in [4.69, 9.17) is 0 Å². The third-order valence-corrected chi connectivity index (χ3v) is 4.97. The number of aromatic nitrogens is 2. The Morgan fingerprint density at radius 3 is 2.96 bits per heavy atom. The van der Waals surface area contributed by atoms with Gasteiger partial charge in [0.05, 0.1) is 17.8 Å². The maximum absolute atomic E-state index is 13.9. The van der Waals surface area contributed by atoms with E-state index in [-0.39, 0.29) is 18.3 Å². The van der Waals surface area contributed by atoms with E-state index < -0.39 is 0 Å². The first-order valence-electron chi connectivity index (χ1n) is 8.75. The molecule has 2 aromatic rings. The molecule has 1 saturated heterocycles. The van der Waals surface area contributed by atoms with E-state index in [9.17, 15) is 9.18 Å². The zero-order valence-electron chi connectivity index (χ0n) is 14.3. The van der Waals surface area contributed by atoms with Crippen LogP contribution in [0.2, 0.25) is 0 Å². The zero-order chi connectivity index (χ0) is 17.4. The average Bonchev–Trinajstić information content (AvgIpc) is 2.92. The van der Waals surface area contributed by atoms with Crippen molar-refractivity contribution in [2.45, 2.75) is 32.9 Å². The Balaban J connectivity index is 1.54. The Kier molecular flexibility index (Phi) is 4.11. The maximum Gasteiger partial charge on any atom is 0.258 e. The van der Waals surface area contributed by atoms with Gasteiger partial charge in [0.1, 0.15) is 5.82 Å². The summed E-state index contributed by atoms with van der Waals surface area (Å²) in [5.74, 6) is 0.910. The summed E-state index contributed by atoms with van der Waals surface area (Å²) in [5, 5.41) is 0. The number of piperidine rings is 1. The molecule has 0 N–H and O–H groups in total. The van der Waals surface area contributed by atoms with E-state index in [0.29, 0.717) is 29.5 Å². The van der Waals surface area contributed by atoms with Crippen molar-refractivity contribution in [3.63, 3.8) is 0 Å². The molecule has 2 aliphatic heterocycles. The van der Waals surface area contributed by atoms with Crippen LogP contribution in [0, 0.1) is 11.7 Å². The number of amides is 1. The molecule has 5 nitrogen and oxygen atoms in total. The minimum atomic E-state index is -0.291. The molecule has 25 heavy (non-hydrogen) atoms. The lowest BCUT2D eigenvalue weighted by Crippen LogP contribution is -2.35. The van der Waals surface area contributed by atoms with Crippen LogP contribution >= 0.6 is 0 Å². The van der Waals surface area contributed by atoms with Crippen molar-refractivity contribution in [3.05, 3.63) is 53.1 Å². The van der Waals surface area contributed by atoms with Gasteiger partial charge in [-0.1, -0.05) is 25.1 Å². The van der Waals surface area contributed by atoms with Gasteiger partial charge in [-0.2, -0.15) is 0 Å². The van der Waals surface area contributed by atoms with Crippen LogP contribution in [0.4, 0.5) is 10.3 Å². The smallest absolute Gasteiger partial charge is 0.258 e. The number of hydrogen-bond acceptors (Lipinski definition) is 4. The van der Waals surface area contributed by atoms with Crippen LogP contribution in [0.25, 0.3) is 0 Å². The number of carbonyl (C=O) groups is 1.